The SMILES string of the molecule is Cc1cc(C)n(-c2nc3ccccn3c2C(=O)O)n1. The summed E-state index contributed by atoms with van der Waals surface area (Å²) in [5, 5.41) is 13.7. The lowest BCUT2D eigenvalue weighted by Crippen LogP contribution is -2.09. The van der Waals surface area contributed by atoms with Crippen LogP contribution in [-0.4, -0.2) is 30.2 Å². The van der Waals surface area contributed by atoms with Crippen LogP contribution < -0.4 is 0 Å². The van der Waals surface area contributed by atoms with Crippen LogP contribution in [0, 0.1) is 13.8 Å². The van der Waals surface area contributed by atoms with E-state index in [0.29, 0.717) is 11.5 Å². The summed E-state index contributed by atoms with van der Waals surface area (Å²) in [7, 11) is 0. The molecule has 3 aromatic heterocycles. The number of carboxylic acids is 1. The molecule has 3 rings (SSSR count). The van der Waals surface area contributed by atoms with Gasteiger partial charge in [-0.1, -0.05) is 6.07 Å². The zero-order valence-corrected chi connectivity index (χ0v) is 10.5. The number of rotatable bonds is 2. The minimum atomic E-state index is -1.03. The van der Waals surface area contributed by atoms with Crippen LogP contribution in [0.4, 0.5) is 0 Å². The number of pyridine rings is 1. The Morgan fingerprint density at radius 2 is 2.11 bits per heavy atom. The van der Waals surface area contributed by atoms with Crippen LogP contribution in [0.25, 0.3) is 11.5 Å². The zero-order chi connectivity index (χ0) is 13.6. The van der Waals surface area contributed by atoms with E-state index in [4.69, 9.17) is 0 Å². The number of hydrogen-bond donors (Lipinski definition) is 1. The van der Waals surface area contributed by atoms with Crippen molar-refractivity contribution in [3.63, 3.8) is 0 Å². The highest BCUT2D eigenvalue weighted by atomic mass is 16.4. The quantitative estimate of drug-likeness (QED) is 0.759. The lowest BCUT2D eigenvalue weighted by atomic mass is 10.4. The smallest absolute Gasteiger partial charge is 0.356 e. The first kappa shape index (κ1) is 11.5. The van der Waals surface area contributed by atoms with E-state index in [2.05, 4.69) is 10.1 Å². The first-order valence-electron chi connectivity index (χ1n) is 5.82. The molecule has 6 nitrogen and oxygen atoms in total. The van der Waals surface area contributed by atoms with Gasteiger partial charge in [0.25, 0.3) is 0 Å². The number of hydrogen-bond acceptors (Lipinski definition) is 3. The van der Waals surface area contributed by atoms with Crippen molar-refractivity contribution in [1.82, 2.24) is 19.2 Å². The second kappa shape index (κ2) is 3.94. The van der Waals surface area contributed by atoms with E-state index >= 15 is 0 Å². The van der Waals surface area contributed by atoms with Gasteiger partial charge < -0.3 is 5.11 Å². The molecule has 0 radical (unpaired) electrons. The van der Waals surface area contributed by atoms with Crippen molar-refractivity contribution in [3.05, 3.63) is 47.5 Å². The van der Waals surface area contributed by atoms with Crippen molar-refractivity contribution in [2.45, 2.75) is 13.8 Å². The molecule has 0 atom stereocenters. The maximum Gasteiger partial charge on any atom is 0.356 e. The predicted molar refractivity (Wildman–Crippen MR) is 68.7 cm³/mol. The maximum absolute atomic E-state index is 11.5. The molecule has 0 amide bonds. The third-order valence-electron chi connectivity index (χ3n) is 2.92. The molecule has 0 saturated heterocycles. The third kappa shape index (κ3) is 1.69. The summed E-state index contributed by atoms with van der Waals surface area (Å²) in [5.41, 5.74) is 2.37. The van der Waals surface area contributed by atoms with Crippen molar-refractivity contribution in [2.24, 2.45) is 0 Å². The molecule has 96 valence electrons. The number of aromatic carboxylic acids is 1. The second-order valence-corrected chi connectivity index (χ2v) is 4.36. The average Bonchev–Trinajstić information content (AvgIpc) is 2.88. The van der Waals surface area contributed by atoms with Crippen molar-refractivity contribution >= 4 is 11.6 Å². The highest BCUT2D eigenvalue weighted by Gasteiger charge is 2.21. The Kier molecular flexibility index (Phi) is 2.38. The fourth-order valence-electron chi connectivity index (χ4n) is 2.17. The lowest BCUT2D eigenvalue weighted by molar-refractivity contribution is 0.0689. The summed E-state index contributed by atoms with van der Waals surface area (Å²) < 4.78 is 3.11. The topological polar surface area (TPSA) is 72.4 Å². The van der Waals surface area contributed by atoms with Crippen molar-refractivity contribution in [3.8, 4) is 5.82 Å². The molecule has 0 saturated carbocycles. The number of nitrogens with zero attached hydrogens (tertiary/aromatic N) is 4. The number of aryl methyl sites for hydroxylation is 2. The van der Waals surface area contributed by atoms with Crippen LogP contribution in [0.1, 0.15) is 21.9 Å². The highest BCUT2D eigenvalue weighted by molar-refractivity contribution is 5.90. The van der Waals surface area contributed by atoms with Crippen molar-refractivity contribution in [2.75, 3.05) is 0 Å². The Hall–Kier alpha value is -2.63. The van der Waals surface area contributed by atoms with Gasteiger partial charge in [-0.25, -0.2) is 14.5 Å². The fourth-order valence-corrected chi connectivity index (χ4v) is 2.17. The average molecular weight is 256 g/mol. The van der Waals surface area contributed by atoms with Crippen LogP contribution >= 0.6 is 0 Å². The molecule has 0 bridgehead atoms. The first-order valence-corrected chi connectivity index (χ1v) is 5.82. The summed E-state index contributed by atoms with van der Waals surface area (Å²) in [5.74, 6) is -0.689. The summed E-state index contributed by atoms with van der Waals surface area (Å²) in [6.07, 6.45) is 1.68. The number of carbonyl (C=O) groups is 1. The van der Waals surface area contributed by atoms with Crippen LogP contribution in [-0.2, 0) is 0 Å². The number of imidazole rings is 1. The molecule has 0 unspecified atom stereocenters. The summed E-state index contributed by atoms with van der Waals surface area (Å²) in [6.45, 7) is 3.73. The van der Waals surface area contributed by atoms with Gasteiger partial charge in [-0.15, -0.1) is 0 Å². The number of carboxylic acid groups (broad SMARTS) is 1. The van der Waals surface area contributed by atoms with E-state index in [-0.39, 0.29) is 5.69 Å². The van der Waals surface area contributed by atoms with Gasteiger partial charge in [-0.2, -0.15) is 5.10 Å². The van der Waals surface area contributed by atoms with Gasteiger partial charge in [-0.05, 0) is 32.0 Å². The van der Waals surface area contributed by atoms with Gasteiger partial charge >= 0.3 is 5.97 Å². The Morgan fingerprint density at radius 3 is 2.74 bits per heavy atom. The third-order valence-corrected chi connectivity index (χ3v) is 2.92. The largest absolute Gasteiger partial charge is 0.476 e. The number of aromatic nitrogens is 4. The summed E-state index contributed by atoms with van der Waals surface area (Å²) in [6, 6.07) is 7.24. The van der Waals surface area contributed by atoms with Gasteiger partial charge in [-0.3, -0.25) is 4.40 Å². The van der Waals surface area contributed by atoms with E-state index in [0.717, 1.165) is 11.4 Å². The Labute approximate surface area is 108 Å². The van der Waals surface area contributed by atoms with Crippen molar-refractivity contribution < 1.29 is 9.90 Å². The van der Waals surface area contributed by atoms with Crippen LogP contribution in [0.2, 0.25) is 0 Å². The monoisotopic (exact) mass is 256 g/mol. The van der Waals surface area contributed by atoms with E-state index < -0.39 is 5.97 Å². The van der Waals surface area contributed by atoms with Gasteiger partial charge in [0.05, 0.1) is 5.69 Å². The molecule has 0 aliphatic carbocycles. The molecule has 3 aromatic rings. The molecule has 0 aliphatic heterocycles. The van der Waals surface area contributed by atoms with Crippen LogP contribution in [0.5, 0.6) is 0 Å². The Morgan fingerprint density at radius 1 is 1.32 bits per heavy atom. The zero-order valence-electron chi connectivity index (χ0n) is 10.5. The fraction of sp³-hybridized carbons (Fsp3) is 0.154. The Bertz CT molecular complexity index is 785. The normalized spacial score (nSPS) is 11.1. The molecule has 3 heterocycles. The van der Waals surface area contributed by atoms with Crippen LogP contribution in [0.3, 0.4) is 0 Å². The molecular formula is C13H12N4O2. The summed E-state index contributed by atoms with van der Waals surface area (Å²) in [4.78, 5) is 15.8. The highest BCUT2D eigenvalue weighted by Crippen LogP contribution is 2.18. The summed E-state index contributed by atoms with van der Waals surface area (Å²) >= 11 is 0. The van der Waals surface area contributed by atoms with Gasteiger partial charge in [0.15, 0.2) is 11.5 Å². The van der Waals surface area contributed by atoms with Crippen LogP contribution in [0.15, 0.2) is 30.5 Å². The Balaban J connectivity index is 2.37. The standard InChI is InChI=1S/C13H12N4O2/c1-8-7-9(2)17(15-8)12-11(13(18)19)16-6-4-3-5-10(16)14-12/h3-7H,1-2H3,(H,18,19). The van der Waals surface area contributed by atoms with Crippen molar-refractivity contribution in [1.29, 1.82) is 0 Å². The van der Waals surface area contributed by atoms with E-state index in [1.54, 1.807) is 27.4 Å². The number of fused-ring (bicyclic) bond motifs is 1. The maximum atomic E-state index is 11.5. The molecule has 0 fully saturated rings. The molecular weight excluding hydrogens is 244 g/mol. The molecule has 1 N–H and O–H groups in total. The van der Waals surface area contributed by atoms with E-state index in [1.165, 1.54) is 0 Å². The van der Waals surface area contributed by atoms with Gasteiger partial charge in [0, 0.05) is 11.9 Å². The first-order chi connectivity index (χ1) is 9.08. The second-order valence-electron chi connectivity index (χ2n) is 4.36. The molecule has 0 spiro atoms. The minimum absolute atomic E-state index is 0.113. The molecule has 0 aliphatic rings. The van der Waals surface area contributed by atoms with Gasteiger partial charge in [0.2, 0.25) is 0 Å². The lowest BCUT2D eigenvalue weighted by Gasteiger charge is -2.02. The van der Waals surface area contributed by atoms with E-state index in [1.807, 2.05) is 26.0 Å². The minimum Gasteiger partial charge on any atom is -0.476 e. The molecule has 19 heavy (non-hydrogen) atoms. The van der Waals surface area contributed by atoms with E-state index in [9.17, 15) is 9.90 Å². The molecule has 6 heteroatoms. The predicted octanol–water partition coefficient (Wildman–Crippen LogP) is 1.84. The van der Waals surface area contributed by atoms with Gasteiger partial charge in [0.1, 0.15) is 5.65 Å². The molecule has 0 aromatic carbocycles.